The van der Waals surface area contributed by atoms with Crippen LogP contribution in [0.15, 0.2) is 77.9 Å². The van der Waals surface area contributed by atoms with Gasteiger partial charge in [-0.1, -0.05) is 134 Å². The van der Waals surface area contributed by atoms with E-state index in [4.69, 9.17) is 27.5 Å². The second-order valence-electron chi connectivity index (χ2n) is 21.3. The number of azide groups is 1. The highest BCUT2D eigenvalue weighted by Gasteiger charge is 2.62. The highest BCUT2D eigenvalue weighted by atomic mass is 28.4. The average Bonchev–Trinajstić information content (AvgIpc) is 3.11. The van der Waals surface area contributed by atoms with E-state index in [0.717, 1.165) is 10.4 Å². The number of benzene rings is 2. The highest BCUT2D eigenvalue weighted by Crippen LogP contribution is 2.48. The maximum atomic E-state index is 13.1. The van der Waals surface area contributed by atoms with Gasteiger partial charge in [-0.15, -0.1) is 0 Å². The molecule has 2 heterocycles. The Morgan fingerprint density at radius 3 is 1.69 bits per heavy atom. The lowest BCUT2D eigenvalue weighted by atomic mass is 9.87. The first-order chi connectivity index (χ1) is 27.0. The van der Waals surface area contributed by atoms with Crippen molar-refractivity contribution in [2.45, 2.75) is 166 Å². The zero-order chi connectivity index (χ0) is 44.5. The number of rotatable bonds is 12. The number of hydrogen-bond acceptors (Lipinski definition) is 9. The molecule has 0 unspecified atom stereocenters. The summed E-state index contributed by atoms with van der Waals surface area (Å²) in [6.45, 7) is 33.1. The second kappa shape index (κ2) is 17.5. The second-order valence-corrected chi connectivity index (χ2v) is 35.1. The number of hydrogen-bond donors (Lipinski definition) is 2. The van der Waals surface area contributed by atoms with E-state index in [2.05, 4.69) is 152 Å². The number of aliphatic hydroxyl groups excluding tert-OH is 1. The van der Waals surface area contributed by atoms with Crippen LogP contribution in [-0.4, -0.2) is 97.3 Å². The number of nitrogens with one attached hydrogen (secondary N) is 1. The van der Waals surface area contributed by atoms with E-state index < -0.39 is 78.9 Å². The lowest BCUT2D eigenvalue weighted by Gasteiger charge is -2.57. The van der Waals surface area contributed by atoms with Crippen LogP contribution in [0.25, 0.3) is 10.4 Å². The minimum atomic E-state index is -3.11. The number of amides is 1. The largest absolute Gasteiger partial charge is 0.444 e. The topological polar surface area (TPSA) is 153 Å². The number of alkyl carbamates (subject to hydrolysis) is 1. The maximum Gasteiger partial charge on any atom is 0.408 e. The predicted molar refractivity (Wildman–Crippen MR) is 243 cm³/mol. The number of carbonyl (C=O) groups excluding carboxylic acids is 1. The summed E-state index contributed by atoms with van der Waals surface area (Å²) in [6, 6.07) is 19.8. The van der Waals surface area contributed by atoms with Crippen molar-refractivity contribution >= 4 is 41.4 Å². The van der Waals surface area contributed by atoms with Gasteiger partial charge in [-0.3, -0.25) is 0 Å². The molecule has 2 aliphatic heterocycles. The molecule has 6 atom stereocenters. The van der Waals surface area contributed by atoms with Gasteiger partial charge in [0.2, 0.25) is 0 Å². The Hall–Kier alpha value is -2.83. The fourth-order valence-corrected chi connectivity index (χ4v) is 14.4. The van der Waals surface area contributed by atoms with Crippen molar-refractivity contribution in [3.63, 3.8) is 0 Å². The van der Waals surface area contributed by atoms with Gasteiger partial charge in [0.1, 0.15) is 23.3 Å². The molecule has 2 aromatic rings. The van der Waals surface area contributed by atoms with Crippen LogP contribution >= 0.6 is 0 Å². The standard InChI is InChI=1S/C44H72N4O8Si3/c1-39(2,3)54-38(50)46-43(30-49)27-28-44(51-31-43)37(47-48-45)36(56-58(15,16)41(7,8)9)35(55-57(13,14)40(4,5)6)34(53-44)29-52-59(42(10,11)12,32-23-19-17-20-24-32)33-25-21-18-22-26-33/h17-28,34-37,49H,29-31H2,1-16H3,(H,46,50)/t34-,35+,36+,37-,43+,44+/m1/s1. The molecule has 0 aromatic heterocycles. The third-order valence-corrected chi connectivity index (χ3v) is 26.5. The summed E-state index contributed by atoms with van der Waals surface area (Å²) in [5, 5.41) is 19.4. The van der Waals surface area contributed by atoms with Crippen LogP contribution in [0, 0.1) is 0 Å². The van der Waals surface area contributed by atoms with E-state index in [0.29, 0.717) is 0 Å². The van der Waals surface area contributed by atoms with Crippen molar-refractivity contribution in [2.24, 2.45) is 5.11 Å². The molecule has 1 fully saturated rings. The van der Waals surface area contributed by atoms with Gasteiger partial charge in [-0.25, -0.2) is 4.79 Å². The van der Waals surface area contributed by atoms with Crippen molar-refractivity contribution in [3.05, 3.63) is 83.3 Å². The molecule has 2 N–H and O–H groups in total. The lowest BCUT2D eigenvalue weighted by Crippen LogP contribution is -2.73. The Kier molecular flexibility index (Phi) is 14.5. The van der Waals surface area contributed by atoms with Crippen molar-refractivity contribution in [2.75, 3.05) is 19.8 Å². The zero-order valence-corrected chi connectivity index (χ0v) is 41.5. The van der Waals surface area contributed by atoms with E-state index in [9.17, 15) is 15.4 Å². The van der Waals surface area contributed by atoms with E-state index >= 15 is 0 Å². The molecule has 0 saturated carbocycles. The highest BCUT2D eigenvalue weighted by molar-refractivity contribution is 6.99. The minimum Gasteiger partial charge on any atom is -0.444 e. The Labute approximate surface area is 356 Å². The summed E-state index contributed by atoms with van der Waals surface area (Å²) in [5.74, 6) is -1.69. The summed E-state index contributed by atoms with van der Waals surface area (Å²) in [5.41, 5.74) is 8.13. The summed E-state index contributed by atoms with van der Waals surface area (Å²) in [4.78, 5) is 16.4. The number of aliphatic hydroxyl groups is 1. The number of carbonyl (C=O) groups is 1. The molecule has 15 heteroatoms. The van der Waals surface area contributed by atoms with Gasteiger partial charge in [-0.05, 0) is 84.1 Å². The molecule has 2 aliphatic rings. The SMILES string of the molecule is CC(C)(C)OC(=O)N[C@]1(CO)C=C[C@]2(OC1)O[C@H](CO[Si](c1ccccc1)(c1ccccc1)C(C)(C)C)[C@H](O[Si](C)(C)C(C)(C)C)[C@H](O[Si](C)(C)C(C)(C)C)[C@H]2N=[N+]=[N-]. The van der Waals surface area contributed by atoms with Crippen LogP contribution < -0.4 is 15.7 Å². The van der Waals surface area contributed by atoms with Gasteiger partial charge in [0.25, 0.3) is 8.32 Å². The predicted octanol–water partition coefficient (Wildman–Crippen LogP) is 8.96. The smallest absolute Gasteiger partial charge is 0.408 e. The first kappa shape index (κ1) is 48.8. The molecule has 4 rings (SSSR count). The van der Waals surface area contributed by atoms with Crippen molar-refractivity contribution in [3.8, 4) is 0 Å². The normalized spacial score (nSPS) is 26.0. The van der Waals surface area contributed by atoms with Crippen LogP contribution in [-0.2, 0) is 27.5 Å². The Bertz CT molecular complexity index is 1780. The first-order valence-corrected chi connectivity index (χ1v) is 28.5. The third kappa shape index (κ3) is 10.6. The molecular formula is C44H72N4O8Si3. The monoisotopic (exact) mass is 868 g/mol. The van der Waals surface area contributed by atoms with Gasteiger partial charge in [-0.2, -0.15) is 0 Å². The van der Waals surface area contributed by atoms with E-state index in [1.807, 2.05) is 12.1 Å². The fourth-order valence-electron chi connectivity index (χ4n) is 7.19. The molecule has 12 nitrogen and oxygen atoms in total. The molecular weight excluding hydrogens is 797 g/mol. The molecule has 1 spiro atoms. The van der Waals surface area contributed by atoms with Gasteiger partial charge in [0, 0.05) is 4.91 Å². The average molecular weight is 869 g/mol. The lowest BCUT2D eigenvalue weighted by molar-refractivity contribution is -0.310. The van der Waals surface area contributed by atoms with Crippen LogP contribution in [0.5, 0.6) is 0 Å². The minimum absolute atomic E-state index is 0.0904. The van der Waals surface area contributed by atoms with Gasteiger partial charge in [0.05, 0.1) is 32.0 Å². The van der Waals surface area contributed by atoms with Crippen molar-refractivity contribution < 1.29 is 37.4 Å². The van der Waals surface area contributed by atoms with E-state index in [-0.39, 0.29) is 28.3 Å². The third-order valence-electron chi connectivity index (χ3n) is 12.5. The van der Waals surface area contributed by atoms with Gasteiger partial charge in [0.15, 0.2) is 22.4 Å². The molecule has 2 aromatic carbocycles. The molecule has 328 valence electrons. The van der Waals surface area contributed by atoms with Gasteiger partial charge < -0.3 is 37.9 Å². The summed E-state index contributed by atoms with van der Waals surface area (Å²) in [6.07, 6.45) is 0.197. The molecule has 0 aliphatic carbocycles. The molecule has 59 heavy (non-hydrogen) atoms. The van der Waals surface area contributed by atoms with E-state index in [1.165, 1.54) is 0 Å². The number of ether oxygens (including phenoxy) is 3. The first-order valence-electron chi connectivity index (χ1n) is 20.8. The number of nitrogens with zero attached hydrogens (tertiary/aromatic N) is 3. The molecule has 1 saturated heterocycles. The summed E-state index contributed by atoms with van der Waals surface area (Å²) < 4.78 is 41.9. The quantitative estimate of drug-likeness (QED) is 0.0705. The molecule has 0 radical (unpaired) electrons. The van der Waals surface area contributed by atoms with Crippen molar-refractivity contribution in [1.29, 1.82) is 0 Å². The van der Waals surface area contributed by atoms with Crippen LogP contribution in [0.2, 0.25) is 41.3 Å². The fraction of sp³-hybridized carbons (Fsp3) is 0.659. The van der Waals surface area contributed by atoms with Crippen LogP contribution in [0.3, 0.4) is 0 Å². The van der Waals surface area contributed by atoms with Gasteiger partial charge >= 0.3 is 6.09 Å². The molecule has 0 bridgehead atoms. The van der Waals surface area contributed by atoms with E-state index in [1.54, 1.807) is 32.9 Å². The summed E-state index contributed by atoms with van der Waals surface area (Å²) >= 11 is 0. The van der Waals surface area contributed by atoms with Crippen LogP contribution in [0.4, 0.5) is 4.79 Å². The zero-order valence-electron chi connectivity index (χ0n) is 38.5. The Balaban J connectivity index is 1.99. The Morgan fingerprint density at radius 1 is 0.814 bits per heavy atom. The Morgan fingerprint density at radius 2 is 1.31 bits per heavy atom. The molecule has 1 amide bonds. The summed E-state index contributed by atoms with van der Waals surface area (Å²) in [7, 11) is -8.34. The van der Waals surface area contributed by atoms with Crippen molar-refractivity contribution in [1.82, 2.24) is 5.32 Å². The van der Waals surface area contributed by atoms with Crippen LogP contribution in [0.1, 0.15) is 83.1 Å². The maximum absolute atomic E-state index is 13.1.